The number of nitrogens with two attached hydrogens (primary N) is 1. The van der Waals surface area contributed by atoms with Crippen molar-refractivity contribution in [2.75, 3.05) is 0 Å². The van der Waals surface area contributed by atoms with Gasteiger partial charge >= 0.3 is 0 Å². The van der Waals surface area contributed by atoms with E-state index in [2.05, 4.69) is 6.92 Å². The number of nitrogen functional groups attached to an aromatic ring is 1. The first-order valence-corrected chi connectivity index (χ1v) is 7.28. The lowest BCUT2D eigenvalue weighted by molar-refractivity contribution is 0.122. The van der Waals surface area contributed by atoms with Crippen LogP contribution in [0.2, 0.25) is 5.02 Å². The quantitative estimate of drug-likeness (QED) is 0.647. The van der Waals surface area contributed by atoms with Crippen molar-refractivity contribution in [1.82, 2.24) is 0 Å². The zero-order chi connectivity index (χ0) is 13.8. The van der Waals surface area contributed by atoms with E-state index in [4.69, 9.17) is 27.5 Å². The van der Waals surface area contributed by atoms with Crippen molar-refractivity contribution in [3.05, 3.63) is 28.8 Å². The number of ether oxygens (including phenoxy) is 1. The number of benzene rings is 1. The minimum absolute atomic E-state index is 0.0227. The smallest absolute Gasteiger partial charge is 0.132 e. The topological polar surface area (TPSA) is 59.1 Å². The second-order valence-electron chi connectivity index (χ2n) is 5.23. The molecule has 1 saturated carbocycles. The summed E-state index contributed by atoms with van der Waals surface area (Å²) in [7, 11) is 0. The van der Waals surface area contributed by atoms with E-state index in [9.17, 15) is 0 Å². The number of amidine groups is 1. The van der Waals surface area contributed by atoms with E-state index in [1.165, 1.54) is 19.3 Å². The minimum Gasteiger partial charge on any atom is -0.490 e. The van der Waals surface area contributed by atoms with Gasteiger partial charge < -0.3 is 10.5 Å². The van der Waals surface area contributed by atoms with Crippen LogP contribution in [0.15, 0.2) is 18.2 Å². The van der Waals surface area contributed by atoms with Crippen LogP contribution in [0.3, 0.4) is 0 Å². The second kappa shape index (κ2) is 6.29. The molecule has 0 spiro atoms. The van der Waals surface area contributed by atoms with Gasteiger partial charge in [0, 0.05) is 5.02 Å². The molecule has 1 aromatic carbocycles. The lowest BCUT2D eigenvalue weighted by atomic mass is 9.85. The average molecular weight is 281 g/mol. The van der Waals surface area contributed by atoms with E-state index in [0.717, 1.165) is 18.8 Å². The zero-order valence-electron chi connectivity index (χ0n) is 11.3. The van der Waals surface area contributed by atoms with Crippen LogP contribution in [0.1, 0.15) is 44.6 Å². The first-order valence-electron chi connectivity index (χ1n) is 6.90. The summed E-state index contributed by atoms with van der Waals surface area (Å²) < 4.78 is 6.06. The maximum absolute atomic E-state index is 7.59. The van der Waals surface area contributed by atoms with Crippen LogP contribution in [0, 0.1) is 11.3 Å². The van der Waals surface area contributed by atoms with Crippen LogP contribution in [0.4, 0.5) is 0 Å². The molecule has 1 fully saturated rings. The summed E-state index contributed by atoms with van der Waals surface area (Å²) >= 11 is 6.00. The number of nitrogens with one attached hydrogen (secondary N) is 1. The zero-order valence-corrected chi connectivity index (χ0v) is 12.0. The highest BCUT2D eigenvalue weighted by atomic mass is 35.5. The molecule has 0 bridgehead atoms. The van der Waals surface area contributed by atoms with Crippen molar-refractivity contribution >= 4 is 17.4 Å². The molecule has 0 amide bonds. The molecule has 1 aromatic rings. The van der Waals surface area contributed by atoms with Gasteiger partial charge in [0.25, 0.3) is 0 Å². The highest BCUT2D eigenvalue weighted by molar-refractivity contribution is 6.30. The van der Waals surface area contributed by atoms with Crippen molar-refractivity contribution in [3.8, 4) is 5.75 Å². The van der Waals surface area contributed by atoms with Crippen molar-refractivity contribution in [2.24, 2.45) is 11.7 Å². The number of hydrogen-bond donors (Lipinski definition) is 2. The third kappa shape index (κ3) is 3.63. The lowest BCUT2D eigenvalue weighted by Gasteiger charge is -2.29. The SMILES string of the molecule is CCC1CCCC(Oc2cc(Cl)ccc2C(=N)N)C1. The third-order valence-electron chi connectivity index (χ3n) is 3.84. The van der Waals surface area contributed by atoms with E-state index < -0.39 is 0 Å². The lowest BCUT2D eigenvalue weighted by Crippen LogP contribution is -2.26. The Morgan fingerprint density at radius 3 is 2.95 bits per heavy atom. The second-order valence-corrected chi connectivity index (χ2v) is 5.67. The highest BCUT2D eigenvalue weighted by Gasteiger charge is 2.23. The van der Waals surface area contributed by atoms with Crippen LogP contribution in [0.25, 0.3) is 0 Å². The summed E-state index contributed by atoms with van der Waals surface area (Å²) in [4.78, 5) is 0. The molecule has 1 aliphatic carbocycles. The fraction of sp³-hybridized carbons (Fsp3) is 0.533. The molecule has 2 unspecified atom stereocenters. The predicted molar refractivity (Wildman–Crippen MR) is 79.1 cm³/mol. The van der Waals surface area contributed by atoms with Crippen LogP contribution < -0.4 is 10.5 Å². The molecule has 0 radical (unpaired) electrons. The summed E-state index contributed by atoms with van der Waals surface area (Å²) in [6.45, 7) is 2.23. The Morgan fingerprint density at radius 1 is 1.47 bits per heavy atom. The number of halogens is 1. The fourth-order valence-corrected chi connectivity index (χ4v) is 2.88. The molecule has 0 aromatic heterocycles. The molecular formula is C15H21ClN2O. The monoisotopic (exact) mass is 280 g/mol. The summed E-state index contributed by atoms with van der Waals surface area (Å²) in [6, 6.07) is 5.24. The molecule has 0 saturated heterocycles. The Bertz CT molecular complexity index is 461. The summed E-state index contributed by atoms with van der Waals surface area (Å²) in [5.74, 6) is 1.41. The van der Waals surface area contributed by atoms with Gasteiger partial charge in [0.1, 0.15) is 11.6 Å². The Balaban J connectivity index is 2.13. The maximum Gasteiger partial charge on any atom is 0.132 e. The first-order chi connectivity index (χ1) is 9.10. The van der Waals surface area contributed by atoms with Gasteiger partial charge in [-0.05, 0) is 43.4 Å². The predicted octanol–water partition coefficient (Wildman–Crippen LogP) is 3.97. The van der Waals surface area contributed by atoms with Gasteiger partial charge in [0.05, 0.1) is 11.7 Å². The average Bonchev–Trinajstić information content (AvgIpc) is 2.38. The Morgan fingerprint density at radius 2 is 2.26 bits per heavy atom. The van der Waals surface area contributed by atoms with Gasteiger partial charge in [0.2, 0.25) is 0 Å². The normalized spacial score (nSPS) is 23.1. The summed E-state index contributed by atoms with van der Waals surface area (Å²) in [5.41, 5.74) is 6.21. The molecule has 0 heterocycles. The van der Waals surface area contributed by atoms with E-state index in [1.54, 1.807) is 18.2 Å². The first kappa shape index (κ1) is 14.2. The maximum atomic E-state index is 7.59. The van der Waals surface area contributed by atoms with Gasteiger partial charge in [-0.25, -0.2) is 0 Å². The number of rotatable bonds is 4. The van der Waals surface area contributed by atoms with Crippen molar-refractivity contribution in [3.63, 3.8) is 0 Å². The Hall–Kier alpha value is -1.22. The standard InChI is InChI=1S/C15H21ClN2O/c1-2-10-4-3-5-12(8-10)19-14-9-11(16)6-7-13(14)15(17)18/h6-7,9-10,12H,2-5,8H2,1H3,(H3,17,18). The van der Waals surface area contributed by atoms with Crippen LogP contribution >= 0.6 is 11.6 Å². The minimum atomic E-state index is 0.0227. The molecule has 3 N–H and O–H groups in total. The molecule has 2 rings (SSSR count). The molecule has 3 nitrogen and oxygen atoms in total. The number of hydrogen-bond acceptors (Lipinski definition) is 2. The van der Waals surface area contributed by atoms with Gasteiger partial charge in [0.15, 0.2) is 0 Å². The highest BCUT2D eigenvalue weighted by Crippen LogP contribution is 2.31. The summed E-state index contributed by atoms with van der Waals surface area (Å²) in [6.07, 6.45) is 6.08. The van der Waals surface area contributed by atoms with Crippen molar-refractivity contribution in [2.45, 2.75) is 45.1 Å². The van der Waals surface area contributed by atoms with Crippen LogP contribution in [-0.4, -0.2) is 11.9 Å². The largest absolute Gasteiger partial charge is 0.490 e. The fourth-order valence-electron chi connectivity index (χ4n) is 2.72. The molecule has 104 valence electrons. The van der Waals surface area contributed by atoms with Crippen molar-refractivity contribution in [1.29, 1.82) is 5.41 Å². The molecule has 1 aliphatic rings. The van der Waals surface area contributed by atoms with Gasteiger partial charge in [-0.2, -0.15) is 0 Å². The Kier molecular flexibility index (Phi) is 4.70. The van der Waals surface area contributed by atoms with Gasteiger partial charge in [-0.15, -0.1) is 0 Å². The Labute approximate surface area is 119 Å². The van der Waals surface area contributed by atoms with Gasteiger partial charge in [-0.3, -0.25) is 5.41 Å². The van der Waals surface area contributed by atoms with Crippen LogP contribution in [0.5, 0.6) is 5.75 Å². The van der Waals surface area contributed by atoms with Crippen molar-refractivity contribution < 1.29 is 4.74 Å². The third-order valence-corrected chi connectivity index (χ3v) is 4.07. The molecule has 4 heteroatoms. The van der Waals surface area contributed by atoms with Crippen LogP contribution in [-0.2, 0) is 0 Å². The van der Waals surface area contributed by atoms with E-state index in [-0.39, 0.29) is 11.9 Å². The molecule has 19 heavy (non-hydrogen) atoms. The molecule has 2 atom stereocenters. The molecule has 0 aliphatic heterocycles. The molecular weight excluding hydrogens is 260 g/mol. The summed E-state index contributed by atoms with van der Waals surface area (Å²) in [5, 5.41) is 8.21. The van der Waals surface area contributed by atoms with Gasteiger partial charge in [-0.1, -0.05) is 31.4 Å². The van der Waals surface area contributed by atoms with E-state index >= 15 is 0 Å². The van der Waals surface area contributed by atoms with E-state index in [1.807, 2.05) is 0 Å². The van der Waals surface area contributed by atoms with E-state index in [0.29, 0.717) is 16.3 Å².